The Morgan fingerprint density at radius 1 is 1.53 bits per heavy atom. The number of rotatable bonds is 5. The van der Waals surface area contributed by atoms with Gasteiger partial charge >= 0.3 is 0 Å². The monoisotopic (exact) mass is 302 g/mol. The molecule has 0 bridgehead atoms. The Morgan fingerprint density at radius 3 is 2.74 bits per heavy atom. The van der Waals surface area contributed by atoms with Crippen LogP contribution in [0.15, 0.2) is 18.2 Å². The van der Waals surface area contributed by atoms with Gasteiger partial charge in [0, 0.05) is 5.69 Å². The standard InChI is InChI=1S/C11H11ClN2O4S/c1-18-10-3-2-8(6-9(10)12)14-11(15)7-19(16,17)5-4-13/h2-3,6H,5,7H2,1H3,(H,14,15). The summed E-state index contributed by atoms with van der Waals surface area (Å²) in [7, 11) is -2.25. The van der Waals surface area contributed by atoms with Crippen LogP contribution in [0.1, 0.15) is 0 Å². The molecule has 0 saturated heterocycles. The zero-order valence-corrected chi connectivity index (χ0v) is 11.6. The van der Waals surface area contributed by atoms with E-state index in [1.54, 1.807) is 6.07 Å². The minimum absolute atomic E-state index is 0.292. The fraction of sp³-hybridized carbons (Fsp3) is 0.273. The summed E-state index contributed by atoms with van der Waals surface area (Å²) < 4.78 is 27.5. The van der Waals surface area contributed by atoms with Crippen molar-refractivity contribution in [2.24, 2.45) is 0 Å². The molecule has 0 fully saturated rings. The van der Waals surface area contributed by atoms with Gasteiger partial charge in [-0.15, -0.1) is 0 Å². The molecule has 1 aromatic carbocycles. The lowest BCUT2D eigenvalue weighted by molar-refractivity contribution is -0.113. The average molecular weight is 303 g/mol. The number of amides is 1. The summed E-state index contributed by atoms with van der Waals surface area (Å²) in [5.74, 6) is -1.72. The van der Waals surface area contributed by atoms with Gasteiger partial charge in [-0.2, -0.15) is 5.26 Å². The van der Waals surface area contributed by atoms with Gasteiger partial charge in [0.25, 0.3) is 0 Å². The topological polar surface area (TPSA) is 96.3 Å². The summed E-state index contributed by atoms with van der Waals surface area (Å²) in [5, 5.41) is 11.0. The zero-order valence-electron chi connectivity index (χ0n) is 10.0. The van der Waals surface area contributed by atoms with Crippen LogP contribution in [0.3, 0.4) is 0 Å². The number of nitrogens with one attached hydrogen (secondary N) is 1. The Balaban J connectivity index is 2.73. The maximum absolute atomic E-state index is 11.5. The number of ether oxygens (including phenoxy) is 1. The summed E-state index contributed by atoms with van der Waals surface area (Å²) >= 11 is 5.86. The van der Waals surface area contributed by atoms with Gasteiger partial charge in [-0.05, 0) is 18.2 Å². The normalized spacial score (nSPS) is 10.6. The summed E-state index contributed by atoms with van der Waals surface area (Å²) in [5.41, 5.74) is 0.350. The summed E-state index contributed by atoms with van der Waals surface area (Å²) in [6, 6.07) is 6.01. The molecule has 6 nitrogen and oxygen atoms in total. The van der Waals surface area contributed by atoms with E-state index in [1.165, 1.54) is 25.3 Å². The molecule has 1 N–H and O–H groups in total. The molecular weight excluding hydrogens is 292 g/mol. The van der Waals surface area contributed by atoms with Crippen molar-refractivity contribution in [3.63, 3.8) is 0 Å². The lowest BCUT2D eigenvalue weighted by atomic mass is 10.3. The van der Waals surface area contributed by atoms with E-state index in [1.807, 2.05) is 0 Å². The number of sulfone groups is 1. The highest BCUT2D eigenvalue weighted by molar-refractivity contribution is 7.92. The van der Waals surface area contributed by atoms with E-state index in [4.69, 9.17) is 21.6 Å². The number of hydrogen-bond acceptors (Lipinski definition) is 5. The van der Waals surface area contributed by atoms with Crippen molar-refractivity contribution in [1.82, 2.24) is 0 Å². The average Bonchev–Trinajstić information content (AvgIpc) is 2.27. The molecule has 1 rings (SSSR count). The van der Waals surface area contributed by atoms with Gasteiger partial charge in [0.1, 0.15) is 17.3 Å². The van der Waals surface area contributed by atoms with E-state index in [0.717, 1.165) is 0 Å². The van der Waals surface area contributed by atoms with Crippen LogP contribution in [0.2, 0.25) is 5.02 Å². The lowest BCUT2D eigenvalue weighted by Gasteiger charge is -2.07. The zero-order chi connectivity index (χ0) is 14.5. The summed E-state index contributed by atoms with van der Waals surface area (Å²) in [4.78, 5) is 11.5. The van der Waals surface area contributed by atoms with E-state index in [0.29, 0.717) is 16.5 Å². The van der Waals surface area contributed by atoms with Crippen molar-refractivity contribution < 1.29 is 17.9 Å². The van der Waals surface area contributed by atoms with Gasteiger partial charge in [0.2, 0.25) is 5.91 Å². The highest BCUT2D eigenvalue weighted by atomic mass is 35.5. The predicted molar refractivity (Wildman–Crippen MR) is 70.9 cm³/mol. The third-order valence-corrected chi connectivity index (χ3v) is 3.64. The minimum Gasteiger partial charge on any atom is -0.495 e. The summed E-state index contributed by atoms with van der Waals surface area (Å²) in [6.45, 7) is 0. The molecule has 8 heteroatoms. The van der Waals surface area contributed by atoms with E-state index >= 15 is 0 Å². The molecule has 0 aliphatic rings. The molecule has 0 aliphatic heterocycles. The van der Waals surface area contributed by atoms with Crippen LogP contribution in [0.25, 0.3) is 0 Å². The minimum atomic E-state index is -3.70. The number of nitriles is 1. The van der Waals surface area contributed by atoms with Crippen LogP contribution in [0, 0.1) is 11.3 Å². The Bertz CT molecular complexity index is 622. The van der Waals surface area contributed by atoms with Gasteiger partial charge in [0.05, 0.1) is 18.2 Å². The quantitative estimate of drug-likeness (QED) is 0.882. The molecule has 19 heavy (non-hydrogen) atoms. The van der Waals surface area contributed by atoms with Gasteiger partial charge in [-0.1, -0.05) is 11.6 Å². The second-order valence-corrected chi connectivity index (χ2v) is 6.06. The van der Waals surface area contributed by atoms with E-state index in [9.17, 15) is 13.2 Å². The van der Waals surface area contributed by atoms with E-state index in [2.05, 4.69) is 5.32 Å². The van der Waals surface area contributed by atoms with Crippen molar-refractivity contribution in [2.75, 3.05) is 23.9 Å². The first-order chi connectivity index (χ1) is 8.88. The molecule has 0 aliphatic carbocycles. The van der Waals surface area contributed by atoms with Crippen molar-refractivity contribution >= 4 is 33.0 Å². The van der Waals surface area contributed by atoms with Crippen LogP contribution >= 0.6 is 11.6 Å². The van der Waals surface area contributed by atoms with Crippen molar-refractivity contribution in [3.05, 3.63) is 23.2 Å². The summed E-state index contributed by atoms with van der Waals surface area (Å²) in [6.07, 6.45) is 0. The maximum atomic E-state index is 11.5. The molecule has 0 spiro atoms. The predicted octanol–water partition coefficient (Wildman–Crippen LogP) is 1.23. The fourth-order valence-electron chi connectivity index (χ4n) is 1.29. The Kier molecular flexibility index (Phi) is 5.15. The third kappa shape index (κ3) is 4.77. The van der Waals surface area contributed by atoms with Crippen LogP contribution < -0.4 is 10.1 Å². The second-order valence-electron chi connectivity index (χ2n) is 3.59. The van der Waals surface area contributed by atoms with Crippen LogP contribution in [0.4, 0.5) is 5.69 Å². The first-order valence-electron chi connectivity index (χ1n) is 5.08. The van der Waals surface area contributed by atoms with E-state index in [-0.39, 0.29) is 0 Å². The SMILES string of the molecule is COc1ccc(NC(=O)CS(=O)(=O)CC#N)cc1Cl. The number of anilines is 1. The molecule has 0 saturated carbocycles. The van der Waals surface area contributed by atoms with Crippen LogP contribution in [-0.4, -0.2) is 32.9 Å². The van der Waals surface area contributed by atoms with Gasteiger partial charge in [-0.25, -0.2) is 8.42 Å². The fourth-order valence-corrected chi connectivity index (χ4v) is 2.32. The lowest BCUT2D eigenvalue weighted by Crippen LogP contribution is -2.24. The van der Waals surface area contributed by atoms with Crippen LogP contribution in [0.5, 0.6) is 5.75 Å². The van der Waals surface area contributed by atoms with Gasteiger partial charge < -0.3 is 10.1 Å². The Morgan fingerprint density at radius 2 is 2.21 bits per heavy atom. The molecule has 1 amide bonds. The number of carbonyl (C=O) groups is 1. The number of hydrogen-bond donors (Lipinski definition) is 1. The molecule has 0 aromatic heterocycles. The van der Waals surface area contributed by atoms with Crippen molar-refractivity contribution in [3.8, 4) is 11.8 Å². The number of halogens is 1. The highest BCUT2D eigenvalue weighted by Crippen LogP contribution is 2.27. The Hall–Kier alpha value is -1.78. The Labute approximate surface area is 115 Å². The van der Waals surface area contributed by atoms with Gasteiger partial charge in [0.15, 0.2) is 9.84 Å². The molecular formula is C11H11ClN2O4S. The number of methoxy groups -OCH3 is 1. The third-order valence-electron chi connectivity index (χ3n) is 2.07. The number of benzene rings is 1. The van der Waals surface area contributed by atoms with Crippen LogP contribution in [-0.2, 0) is 14.6 Å². The van der Waals surface area contributed by atoms with Crippen molar-refractivity contribution in [2.45, 2.75) is 0 Å². The molecule has 0 atom stereocenters. The second kappa shape index (κ2) is 6.41. The van der Waals surface area contributed by atoms with Gasteiger partial charge in [-0.3, -0.25) is 4.79 Å². The highest BCUT2D eigenvalue weighted by Gasteiger charge is 2.16. The maximum Gasteiger partial charge on any atom is 0.239 e. The molecule has 0 heterocycles. The largest absolute Gasteiger partial charge is 0.495 e. The van der Waals surface area contributed by atoms with E-state index < -0.39 is 27.3 Å². The first kappa shape index (κ1) is 15.3. The number of carbonyl (C=O) groups excluding carboxylic acids is 1. The molecule has 1 aromatic rings. The molecule has 102 valence electrons. The molecule has 0 unspecified atom stereocenters. The number of nitrogens with zero attached hydrogens (tertiary/aromatic N) is 1. The molecule has 0 radical (unpaired) electrons. The smallest absolute Gasteiger partial charge is 0.239 e. The van der Waals surface area contributed by atoms with Crippen molar-refractivity contribution in [1.29, 1.82) is 5.26 Å². The first-order valence-corrected chi connectivity index (χ1v) is 7.28.